The molecular weight excluding hydrogens is 252 g/mol. The lowest BCUT2D eigenvalue weighted by atomic mass is 10.0. The lowest BCUT2D eigenvalue weighted by Gasteiger charge is -1.99. The predicted octanol–water partition coefficient (Wildman–Crippen LogP) is 1.66. The van der Waals surface area contributed by atoms with Crippen molar-refractivity contribution < 1.29 is 9.53 Å². The molecule has 0 spiro atoms. The van der Waals surface area contributed by atoms with Gasteiger partial charge in [0.05, 0.1) is 29.4 Å². The lowest BCUT2D eigenvalue weighted by Crippen LogP contribution is -2.29. The van der Waals surface area contributed by atoms with E-state index in [1.807, 2.05) is 36.4 Å². The van der Waals surface area contributed by atoms with Crippen LogP contribution in [-0.4, -0.2) is 19.3 Å². The van der Waals surface area contributed by atoms with Crippen LogP contribution in [0.15, 0.2) is 46.4 Å². The Hall–Kier alpha value is -2.75. The lowest BCUT2D eigenvalue weighted by molar-refractivity contribution is -0.133. The van der Waals surface area contributed by atoms with Gasteiger partial charge in [-0.05, 0) is 18.2 Å². The fourth-order valence-electron chi connectivity index (χ4n) is 2.67. The number of aliphatic imine (C=N–C) groups is 1. The summed E-state index contributed by atoms with van der Waals surface area (Å²) in [5.41, 5.74) is 4.27. The molecule has 0 saturated heterocycles. The molecule has 0 saturated carbocycles. The molecule has 2 aromatic rings. The van der Waals surface area contributed by atoms with E-state index in [0.29, 0.717) is 5.57 Å². The first kappa shape index (κ1) is 11.1. The fraction of sp³-hybridized carbons (Fsp3) is 0.0625. The van der Waals surface area contributed by atoms with Crippen molar-refractivity contribution >= 4 is 29.1 Å². The Morgan fingerprint density at radius 2 is 1.90 bits per heavy atom. The van der Waals surface area contributed by atoms with Crippen molar-refractivity contribution in [2.75, 3.05) is 7.11 Å². The SMILES string of the molecule is COC(=O)C1=c2c(ccc3c2=Nc2ccccc2-3)N=C1. The summed E-state index contributed by atoms with van der Waals surface area (Å²) in [6.45, 7) is 0. The van der Waals surface area contributed by atoms with Gasteiger partial charge in [0.25, 0.3) is 0 Å². The van der Waals surface area contributed by atoms with Crippen LogP contribution in [0.1, 0.15) is 0 Å². The van der Waals surface area contributed by atoms with E-state index >= 15 is 0 Å². The second-order valence-electron chi connectivity index (χ2n) is 4.65. The van der Waals surface area contributed by atoms with E-state index in [9.17, 15) is 4.79 Å². The van der Waals surface area contributed by atoms with Crippen LogP contribution < -0.4 is 10.6 Å². The Bertz CT molecular complexity index is 911. The molecular formula is C16H10N2O2. The van der Waals surface area contributed by atoms with Gasteiger partial charge in [0.1, 0.15) is 0 Å². The second kappa shape index (κ2) is 3.87. The number of benzene rings is 2. The van der Waals surface area contributed by atoms with Gasteiger partial charge in [0.15, 0.2) is 0 Å². The summed E-state index contributed by atoms with van der Waals surface area (Å²) in [7, 11) is 1.37. The smallest absolute Gasteiger partial charge is 0.340 e. The van der Waals surface area contributed by atoms with E-state index < -0.39 is 0 Å². The first-order chi connectivity index (χ1) is 9.79. The fourth-order valence-corrected chi connectivity index (χ4v) is 2.67. The van der Waals surface area contributed by atoms with Crippen LogP contribution in [0.5, 0.6) is 0 Å². The number of hydrogen-bond donors (Lipinski definition) is 0. The number of hydrogen-bond acceptors (Lipinski definition) is 4. The molecule has 96 valence electrons. The van der Waals surface area contributed by atoms with Gasteiger partial charge in [-0.3, -0.25) is 4.99 Å². The van der Waals surface area contributed by atoms with Crippen LogP contribution in [0.4, 0.5) is 11.4 Å². The van der Waals surface area contributed by atoms with Crippen LogP contribution in [0.2, 0.25) is 0 Å². The molecule has 2 aliphatic rings. The molecule has 0 fully saturated rings. The summed E-state index contributed by atoms with van der Waals surface area (Å²) in [6, 6.07) is 11.9. The van der Waals surface area contributed by atoms with Crippen molar-refractivity contribution in [3.63, 3.8) is 0 Å². The molecule has 4 nitrogen and oxygen atoms in total. The molecule has 0 unspecified atom stereocenters. The third-order valence-electron chi connectivity index (χ3n) is 3.59. The highest BCUT2D eigenvalue weighted by Crippen LogP contribution is 2.32. The topological polar surface area (TPSA) is 51.0 Å². The highest BCUT2D eigenvalue weighted by Gasteiger charge is 2.21. The molecule has 0 aliphatic carbocycles. The largest absolute Gasteiger partial charge is 0.465 e. The Morgan fingerprint density at radius 1 is 1.05 bits per heavy atom. The second-order valence-corrected chi connectivity index (χ2v) is 4.65. The predicted molar refractivity (Wildman–Crippen MR) is 75.9 cm³/mol. The average molecular weight is 262 g/mol. The Balaban J connectivity index is 2.14. The zero-order valence-electron chi connectivity index (χ0n) is 10.8. The number of carbonyl (C=O) groups excluding carboxylic acids is 1. The molecule has 2 aromatic carbocycles. The summed E-state index contributed by atoms with van der Waals surface area (Å²) in [6.07, 6.45) is 1.55. The van der Waals surface area contributed by atoms with Crippen LogP contribution in [0, 0.1) is 0 Å². The minimum atomic E-state index is -0.382. The number of rotatable bonds is 1. The maximum Gasteiger partial charge on any atom is 0.340 e. The molecule has 0 N–H and O–H groups in total. The first-order valence-electron chi connectivity index (χ1n) is 6.27. The average Bonchev–Trinajstić information content (AvgIpc) is 3.07. The van der Waals surface area contributed by atoms with Crippen LogP contribution in [0.3, 0.4) is 0 Å². The quantitative estimate of drug-likeness (QED) is 0.626. The normalized spacial score (nSPS) is 13.6. The number of methoxy groups -OCH3 is 1. The Labute approximate surface area is 114 Å². The molecule has 0 amide bonds. The van der Waals surface area contributed by atoms with Gasteiger partial charge in [0.2, 0.25) is 0 Å². The van der Waals surface area contributed by atoms with E-state index in [4.69, 9.17) is 4.74 Å². The summed E-state index contributed by atoms with van der Waals surface area (Å²) < 4.78 is 4.82. The summed E-state index contributed by atoms with van der Waals surface area (Å²) >= 11 is 0. The van der Waals surface area contributed by atoms with E-state index in [1.165, 1.54) is 7.11 Å². The molecule has 4 rings (SSSR count). The van der Waals surface area contributed by atoms with Gasteiger partial charge >= 0.3 is 5.97 Å². The van der Waals surface area contributed by atoms with E-state index in [2.05, 4.69) is 9.98 Å². The van der Waals surface area contributed by atoms with Crippen molar-refractivity contribution in [3.05, 3.63) is 47.0 Å². The van der Waals surface area contributed by atoms with Gasteiger partial charge in [-0.2, -0.15) is 0 Å². The van der Waals surface area contributed by atoms with E-state index in [-0.39, 0.29) is 5.97 Å². The van der Waals surface area contributed by atoms with Crippen molar-refractivity contribution in [1.82, 2.24) is 0 Å². The molecule has 0 bridgehead atoms. The van der Waals surface area contributed by atoms with Crippen molar-refractivity contribution in [1.29, 1.82) is 0 Å². The number of para-hydroxylation sites is 1. The van der Waals surface area contributed by atoms with Gasteiger partial charge in [0, 0.05) is 22.6 Å². The minimum absolute atomic E-state index is 0.382. The highest BCUT2D eigenvalue weighted by molar-refractivity contribution is 6.34. The van der Waals surface area contributed by atoms with Gasteiger partial charge in [-0.1, -0.05) is 18.2 Å². The van der Waals surface area contributed by atoms with E-state index in [0.717, 1.165) is 33.1 Å². The third-order valence-corrected chi connectivity index (χ3v) is 3.59. The number of esters is 1. The Kier molecular flexibility index (Phi) is 2.15. The summed E-state index contributed by atoms with van der Waals surface area (Å²) in [5.74, 6) is -0.382. The van der Waals surface area contributed by atoms with Crippen molar-refractivity contribution in [2.45, 2.75) is 0 Å². The maximum atomic E-state index is 11.9. The zero-order valence-corrected chi connectivity index (χ0v) is 10.8. The number of fused-ring (bicyclic) bond motifs is 5. The summed E-state index contributed by atoms with van der Waals surface area (Å²) in [4.78, 5) is 20.8. The van der Waals surface area contributed by atoms with Gasteiger partial charge in [-0.15, -0.1) is 0 Å². The molecule has 4 heteroatoms. The molecule has 20 heavy (non-hydrogen) atoms. The first-order valence-corrected chi connectivity index (χ1v) is 6.27. The van der Waals surface area contributed by atoms with Crippen LogP contribution in [-0.2, 0) is 9.53 Å². The van der Waals surface area contributed by atoms with Gasteiger partial charge in [-0.25, -0.2) is 9.79 Å². The van der Waals surface area contributed by atoms with Crippen LogP contribution in [0.25, 0.3) is 16.7 Å². The third kappa shape index (κ3) is 1.33. The minimum Gasteiger partial charge on any atom is -0.465 e. The van der Waals surface area contributed by atoms with Crippen LogP contribution >= 0.6 is 0 Å². The molecule has 2 aliphatic heterocycles. The Morgan fingerprint density at radius 3 is 2.75 bits per heavy atom. The number of ether oxygens (including phenoxy) is 1. The number of nitrogens with zero attached hydrogens (tertiary/aromatic N) is 2. The molecule has 0 atom stereocenters. The van der Waals surface area contributed by atoms with Crippen molar-refractivity contribution in [3.8, 4) is 11.1 Å². The maximum absolute atomic E-state index is 11.9. The van der Waals surface area contributed by atoms with Gasteiger partial charge < -0.3 is 4.74 Å². The molecule has 2 heterocycles. The summed E-state index contributed by atoms with van der Waals surface area (Å²) in [5, 5.41) is 1.58. The highest BCUT2D eigenvalue weighted by atomic mass is 16.5. The van der Waals surface area contributed by atoms with E-state index in [1.54, 1.807) is 6.21 Å². The number of carbonyl (C=O) groups is 1. The molecule has 0 radical (unpaired) electrons. The van der Waals surface area contributed by atoms with Crippen molar-refractivity contribution in [2.24, 2.45) is 9.98 Å². The molecule has 0 aromatic heterocycles. The zero-order chi connectivity index (χ0) is 13.7. The monoisotopic (exact) mass is 262 g/mol. The standard InChI is InChI=1S/C16H10N2O2/c1-20-16(19)11-8-17-13-7-6-10-9-4-2-3-5-12(9)18-15(10)14(11)13/h2-8H,1H3.